The molecule has 0 saturated carbocycles. The molecule has 0 fully saturated rings. The van der Waals surface area contributed by atoms with E-state index < -0.39 is 0 Å². The highest BCUT2D eigenvalue weighted by Crippen LogP contribution is 2.35. The molecule has 7 heteroatoms. The van der Waals surface area contributed by atoms with Gasteiger partial charge in [-0.05, 0) is 19.1 Å². The summed E-state index contributed by atoms with van der Waals surface area (Å²) in [5.41, 5.74) is 4.32. The number of benzene rings is 1. The second-order valence-electron chi connectivity index (χ2n) is 4.65. The van der Waals surface area contributed by atoms with Crippen LogP contribution in [0.25, 0.3) is 0 Å². The number of hydrogen-bond donors (Lipinski definition) is 3. The quantitative estimate of drug-likeness (QED) is 0.585. The van der Waals surface area contributed by atoms with E-state index in [9.17, 15) is 0 Å². The molecule has 2 heterocycles. The van der Waals surface area contributed by atoms with Crippen LogP contribution < -0.4 is 26.1 Å². The average Bonchev–Trinajstić information content (AvgIpc) is 2.97. The minimum absolute atomic E-state index is 0.256. The molecular formula is C14H17N5O2. The van der Waals surface area contributed by atoms with Gasteiger partial charge in [0.2, 0.25) is 6.79 Å². The third-order valence-electron chi connectivity index (χ3n) is 3.28. The molecule has 1 aliphatic heterocycles. The summed E-state index contributed by atoms with van der Waals surface area (Å²) in [6.07, 6.45) is 0.727. The number of hydrazine groups is 1. The fraction of sp³-hybridized carbons (Fsp3) is 0.286. The lowest BCUT2D eigenvalue weighted by Crippen LogP contribution is -2.13. The summed E-state index contributed by atoms with van der Waals surface area (Å²) >= 11 is 0. The summed E-state index contributed by atoms with van der Waals surface area (Å²) in [5, 5.41) is 3.27. The van der Waals surface area contributed by atoms with Crippen molar-refractivity contribution in [1.82, 2.24) is 9.97 Å². The van der Waals surface area contributed by atoms with Gasteiger partial charge in [-0.3, -0.25) is 0 Å². The summed E-state index contributed by atoms with van der Waals surface area (Å²) < 4.78 is 10.7. The van der Waals surface area contributed by atoms with E-state index in [1.165, 1.54) is 0 Å². The Bertz CT molecular complexity index is 675. The molecule has 1 aliphatic rings. The number of rotatable bonds is 4. The van der Waals surface area contributed by atoms with E-state index in [0.29, 0.717) is 11.6 Å². The Kier molecular flexibility index (Phi) is 3.49. The van der Waals surface area contributed by atoms with Crippen LogP contribution in [0.3, 0.4) is 0 Å². The first-order chi connectivity index (χ1) is 10.2. The van der Waals surface area contributed by atoms with Gasteiger partial charge in [-0.15, -0.1) is 0 Å². The lowest BCUT2D eigenvalue weighted by Gasteiger charge is -2.13. The minimum Gasteiger partial charge on any atom is -0.454 e. The zero-order chi connectivity index (χ0) is 14.8. The smallest absolute Gasteiger partial charge is 0.231 e. The maximum absolute atomic E-state index is 5.51. The minimum atomic E-state index is 0.256. The highest BCUT2D eigenvalue weighted by Gasteiger charge is 2.15. The topological polar surface area (TPSA) is 94.3 Å². The first kappa shape index (κ1) is 13.4. The molecular weight excluding hydrogens is 270 g/mol. The Morgan fingerprint density at radius 3 is 2.71 bits per heavy atom. The summed E-state index contributed by atoms with van der Waals surface area (Å²) in [4.78, 5) is 8.84. The Morgan fingerprint density at radius 1 is 1.19 bits per heavy atom. The number of ether oxygens (including phenoxy) is 2. The molecule has 3 rings (SSSR count). The number of aromatic nitrogens is 2. The van der Waals surface area contributed by atoms with Crippen LogP contribution in [0.1, 0.15) is 18.3 Å². The number of fused-ring (bicyclic) bond motifs is 1. The van der Waals surface area contributed by atoms with Crippen molar-refractivity contribution in [2.24, 2.45) is 5.84 Å². The van der Waals surface area contributed by atoms with Crippen molar-refractivity contribution in [2.75, 3.05) is 17.5 Å². The van der Waals surface area contributed by atoms with Crippen LogP contribution in [-0.4, -0.2) is 16.8 Å². The van der Waals surface area contributed by atoms with E-state index >= 15 is 0 Å². The van der Waals surface area contributed by atoms with Gasteiger partial charge in [0.05, 0.1) is 0 Å². The van der Waals surface area contributed by atoms with E-state index in [-0.39, 0.29) is 6.79 Å². The number of nitrogens with zero attached hydrogens (tertiary/aromatic N) is 2. The van der Waals surface area contributed by atoms with Crippen molar-refractivity contribution in [3.8, 4) is 11.5 Å². The molecule has 0 saturated heterocycles. The van der Waals surface area contributed by atoms with Gasteiger partial charge in [0, 0.05) is 23.7 Å². The number of anilines is 3. The van der Waals surface area contributed by atoms with Crippen molar-refractivity contribution in [3.63, 3.8) is 0 Å². The monoisotopic (exact) mass is 287 g/mol. The van der Waals surface area contributed by atoms with E-state index in [0.717, 1.165) is 35.0 Å². The van der Waals surface area contributed by atoms with Crippen LogP contribution in [0.2, 0.25) is 0 Å². The number of hydrogen-bond acceptors (Lipinski definition) is 7. The maximum Gasteiger partial charge on any atom is 0.231 e. The molecule has 0 bridgehead atoms. The molecule has 21 heavy (non-hydrogen) atoms. The standard InChI is InChI=1S/C14H17N5O2/c1-3-12-17-13(8(2)14(18-12)19-15)16-9-4-5-10-11(6-9)21-7-20-10/h4-6H,3,7,15H2,1-2H3,(H2,16,17,18,19). The third-order valence-corrected chi connectivity index (χ3v) is 3.28. The van der Waals surface area contributed by atoms with Gasteiger partial charge in [-0.2, -0.15) is 0 Å². The highest BCUT2D eigenvalue weighted by atomic mass is 16.7. The van der Waals surface area contributed by atoms with Gasteiger partial charge in [0.1, 0.15) is 17.5 Å². The fourth-order valence-electron chi connectivity index (χ4n) is 2.09. The Morgan fingerprint density at radius 2 is 1.95 bits per heavy atom. The normalized spacial score (nSPS) is 12.3. The number of nitrogen functional groups attached to an aromatic ring is 1. The van der Waals surface area contributed by atoms with Gasteiger partial charge in [0.25, 0.3) is 0 Å². The highest BCUT2D eigenvalue weighted by molar-refractivity contribution is 5.67. The molecule has 0 amide bonds. The molecule has 1 aromatic carbocycles. The van der Waals surface area contributed by atoms with Gasteiger partial charge in [0.15, 0.2) is 11.5 Å². The summed E-state index contributed by atoms with van der Waals surface area (Å²) in [6.45, 7) is 4.16. The number of nitrogens with one attached hydrogen (secondary N) is 2. The maximum atomic E-state index is 5.51. The summed E-state index contributed by atoms with van der Waals surface area (Å²) in [6, 6.07) is 5.66. The molecule has 110 valence electrons. The van der Waals surface area contributed by atoms with Crippen LogP contribution in [0.15, 0.2) is 18.2 Å². The molecule has 0 unspecified atom stereocenters. The number of aryl methyl sites for hydroxylation is 1. The van der Waals surface area contributed by atoms with E-state index in [2.05, 4.69) is 20.7 Å². The predicted octanol–water partition coefficient (Wildman–Crippen LogP) is 2.11. The van der Waals surface area contributed by atoms with Crippen LogP contribution in [0, 0.1) is 6.92 Å². The molecule has 2 aromatic rings. The number of nitrogens with two attached hydrogens (primary N) is 1. The first-order valence-corrected chi connectivity index (χ1v) is 6.72. The predicted molar refractivity (Wildman–Crippen MR) is 79.8 cm³/mol. The van der Waals surface area contributed by atoms with Crippen molar-refractivity contribution in [3.05, 3.63) is 29.6 Å². The van der Waals surface area contributed by atoms with Crippen molar-refractivity contribution in [2.45, 2.75) is 20.3 Å². The van der Waals surface area contributed by atoms with E-state index in [1.807, 2.05) is 32.0 Å². The summed E-state index contributed by atoms with van der Waals surface area (Å²) in [7, 11) is 0. The Labute approximate surface area is 122 Å². The van der Waals surface area contributed by atoms with Crippen molar-refractivity contribution in [1.29, 1.82) is 0 Å². The first-order valence-electron chi connectivity index (χ1n) is 6.72. The molecule has 0 aliphatic carbocycles. The average molecular weight is 287 g/mol. The zero-order valence-corrected chi connectivity index (χ0v) is 11.9. The van der Waals surface area contributed by atoms with Gasteiger partial charge < -0.3 is 20.2 Å². The molecule has 0 atom stereocenters. The Hall–Kier alpha value is -2.54. The van der Waals surface area contributed by atoms with Crippen LogP contribution in [0.4, 0.5) is 17.3 Å². The Balaban J connectivity index is 1.94. The molecule has 1 aromatic heterocycles. The van der Waals surface area contributed by atoms with Crippen LogP contribution in [0.5, 0.6) is 11.5 Å². The molecule has 4 N–H and O–H groups in total. The lowest BCUT2D eigenvalue weighted by atomic mass is 10.2. The van der Waals surface area contributed by atoms with Crippen molar-refractivity contribution < 1.29 is 9.47 Å². The van der Waals surface area contributed by atoms with Gasteiger partial charge >= 0.3 is 0 Å². The second-order valence-corrected chi connectivity index (χ2v) is 4.65. The van der Waals surface area contributed by atoms with Gasteiger partial charge in [-0.1, -0.05) is 6.92 Å². The van der Waals surface area contributed by atoms with Crippen LogP contribution in [-0.2, 0) is 6.42 Å². The third kappa shape index (κ3) is 2.55. The largest absolute Gasteiger partial charge is 0.454 e. The molecule has 7 nitrogen and oxygen atoms in total. The molecule has 0 radical (unpaired) electrons. The van der Waals surface area contributed by atoms with E-state index in [4.69, 9.17) is 15.3 Å². The second kappa shape index (κ2) is 5.45. The SMILES string of the molecule is CCc1nc(NN)c(C)c(Nc2ccc3c(c2)OCO3)n1. The van der Waals surface area contributed by atoms with Gasteiger partial charge in [-0.25, -0.2) is 15.8 Å². The summed E-state index contributed by atoms with van der Waals surface area (Å²) in [5.74, 6) is 9.03. The lowest BCUT2D eigenvalue weighted by molar-refractivity contribution is 0.174. The van der Waals surface area contributed by atoms with Crippen LogP contribution >= 0.6 is 0 Å². The van der Waals surface area contributed by atoms with E-state index in [1.54, 1.807) is 0 Å². The zero-order valence-electron chi connectivity index (χ0n) is 11.9. The molecule has 0 spiro atoms. The fourth-order valence-corrected chi connectivity index (χ4v) is 2.09. The van der Waals surface area contributed by atoms with Crippen molar-refractivity contribution >= 4 is 17.3 Å².